The van der Waals surface area contributed by atoms with Crippen LogP contribution in [0.1, 0.15) is 46.2 Å². The van der Waals surface area contributed by atoms with Crippen molar-refractivity contribution in [2.75, 3.05) is 19.0 Å². The summed E-state index contributed by atoms with van der Waals surface area (Å²) < 4.78 is 10.9. The van der Waals surface area contributed by atoms with E-state index in [1.54, 1.807) is 19.2 Å². The van der Waals surface area contributed by atoms with Gasteiger partial charge < -0.3 is 14.8 Å². The maximum atomic E-state index is 12.7. The van der Waals surface area contributed by atoms with Gasteiger partial charge in [-0.2, -0.15) is 0 Å². The van der Waals surface area contributed by atoms with E-state index in [1.165, 1.54) is 0 Å². The van der Waals surface area contributed by atoms with Gasteiger partial charge in [0, 0.05) is 12.7 Å². The highest BCUT2D eigenvalue weighted by Crippen LogP contribution is 2.25. The van der Waals surface area contributed by atoms with Gasteiger partial charge in [-0.3, -0.25) is 4.79 Å². The van der Waals surface area contributed by atoms with Crippen molar-refractivity contribution in [1.82, 2.24) is 4.98 Å². The number of carbonyl (C=O) groups excluding carboxylic acids is 1. The minimum atomic E-state index is -0.837. The number of nitrogens with one attached hydrogen (secondary N) is 1. The molecule has 0 saturated carbocycles. The molecule has 0 bridgehead atoms. The Labute approximate surface area is 133 Å². The molecule has 0 aromatic carbocycles. The largest absolute Gasteiger partial charge is 0.481 e. The molecule has 5 heteroatoms. The number of carbonyl (C=O) groups is 1. The van der Waals surface area contributed by atoms with Gasteiger partial charge in [-0.15, -0.1) is 0 Å². The lowest BCUT2D eigenvalue weighted by molar-refractivity contribution is -0.141. The standard InChI is InChI=1S/C17H28N2O3/c1-7-10-22-17(5,11-12(2)3)16(20)19-14-8-9-15(21-6)18-13(14)4/h8-9,12H,7,10-11H2,1-6H3,(H,19,20)/t17-/m1/s1. The first-order chi connectivity index (χ1) is 10.3. The van der Waals surface area contributed by atoms with Crippen molar-refractivity contribution in [2.45, 2.75) is 53.1 Å². The molecule has 0 radical (unpaired) electrons. The minimum absolute atomic E-state index is 0.135. The quantitative estimate of drug-likeness (QED) is 0.797. The lowest BCUT2D eigenvalue weighted by atomic mass is 9.93. The van der Waals surface area contributed by atoms with Crippen molar-refractivity contribution in [1.29, 1.82) is 0 Å². The van der Waals surface area contributed by atoms with Gasteiger partial charge in [0.2, 0.25) is 5.88 Å². The summed E-state index contributed by atoms with van der Waals surface area (Å²) in [6.45, 7) is 10.5. The first-order valence-corrected chi connectivity index (χ1v) is 7.79. The van der Waals surface area contributed by atoms with Crippen LogP contribution in [0, 0.1) is 12.8 Å². The fraction of sp³-hybridized carbons (Fsp3) is 0.647. The van der Waals surface area contributed by atoms with Crippen molar-refractivity contribution in [2.24, 2.45) is 5.92 Å². The molecule has 0 aliphatic rings. The number of rotatable bonds is 8. The van der Waals surface area contributed by atoms with Crippen LogP contribution in [0.3, 0.4) is 0 Å². The van der Waals surface area contributed by atoms with Gasteiger partial charge in [-0.05, 0) is 38.7 Å². The zero-order valence-electron chi connectivity index (χ0n) is 14.5. The summed E-state index contributed by atoms with van der Waals surface area (Å²) in [6, 6.07) is 3.53. The first-order valence-electron chi connectivity index (χ1n) is 7.79. The highest BCUT2D eigenvalue weighted by Gasteiger charge is 2.35. The molecule has 22 heavy (non-hydrogen) atoms. The monoisotopic (exact) mass is 308 g/mol. The summed E-state index contributed by atoms with van der Waals surface area (Å²) >= 11 is 0. The zero-order chi connectivity index (χ0) is 16.8. The Bertz CT molecular complexity index is 503. The van der Waals surface area contributed by atoms with E-state index >= 15 is 0 Å². The maximum Gasteiger partial charge on any atom is 0.256 e. The lowest BCUT2D eigenvalue weighted by Crippen LogP contribution is -2.44. The second-order valence-corrected chi connectivity index (χ2v) is 6.12. The molecule has 1 amide bonds. The third-order valence-corrected chi connectivity index (χ3v) is 3.42. The van der Waals surface area contributed by atoms with Crippen molar-refractivity contribution in [3.63, 3.8) is 0 Å². The van der Waals surface area contributed by atoms with E-state index in [2.05, 4.69) is 24.1 Å². The van der Waals surface area contributed by atoms with E-state index in [4.69, 9.17) is 9.47 Å². The Balaban J connectivity index is 2.90. The Kier molecular flexibility index (Phi) is 6.81. The normalized spacial score (nSPS) is 13.8. The van der Waals surface area contributed by atoms with E-state index in [1.807, 2.05) is 20.8 Å². The highest BCUT2D eigenvalue weighted by molar-refractivity contribution is 5.97. The summed E-state index contributed by atoms with van der Waals surface area (Å²) in [5.74, 6) is 0.759. The van der Waals surface area contributed by atoms with Crippen LogP contribution in [0.4, 0.5) is 5.69 Å². The molecule has 124 valence electrons. The number of amides is 1. The number of ether oxygens (including phenoxy) is 2. The van der Waals surface area contributed by atoms with E-state index in [9.17, 15) is 4.79 Å². The molecule has 1 heterocycles. The summed E-state index contributed by atoms with van der Waals surface area (Å²) in [7, 11) is 1.57. The molecule has 0 fully saturated rings. The highest BCUT2D eigenvalue weighted by atomic mass is 16.5. The van der Waals surface area contributed by atoms with Crippen LogP contribution in [0.15, 0.2) is 12.1 Å². The second kappa shape index (κ2) is 8.13. The summed E-state index contributed by atoms with van der Waals surface area (Å²) in [5.41, 5.74) is 0.562. The van der Waals surface area contributed by atoms with Crippen LogP contribution in [0.25, 0.3) is 0 Å². The van der Waals surface area contributed by atoms with Crippen molar-refractivity contribution < 1.29 is 14.3 Å². The van der Waals surface area contributed by atoms with Crippen LogP contribution in [-0.4, -0.2) is 30.2 Å². The number of hydrogen-bond donors (Lipinski definition) is 1. The fourth-order valence-electron chi connectivity index (χ4n) is 2.36. The van der Waals surface area contributed by atoms with Gasteiger partial charge in [0.25, 0.3) is 5.91 Å². The van der Waals surface area contributed by atoms with Gasteiger partial charge in [0.15, 0.2) is 0 Å². The van der Waals surface area contributed by atoms with Crippen LogP contribution in [0.2, 0.25) is 0 Å². The van der Waals surface area contributed by atoms with Crippen LogP contribution in [-0.2, 0) is 9.53 Å². The van der Waals surface area contributed by atoms with Crippen molar-refractivity contribution in [3.05, 3.63) is 17.8 Å². The Hall–Kier alpha value is -1.62. The van der Waals surface area contributed by atoms with Gasteiger partial charge in [-0.1, -0.05) is 20.8 Å². The third kappa shape index (κ3) is 4.98. The number of aryl methyl sites for hydroxylation is 1. The van der Waals surface area contributed by atoms with Crippen molar-refractivity contribution >= 4 is 11.6 Å². The number of pyridine rings is 1. The van der Waals surface area contributed by atoms with Crippen LogP contribution < -0.4 is 10.1 Å². The number of hydrogen-bond acceptors (Lipinski definition) is 4. The first kappa shape index (κ1) is 18.4. The molecule has 1 aromatic rings. The average molecular weight is 308 g/mol. The molecule has 0 aliphatic carbocycles. The number of anilines is 1. The topological polar surface area (TPSA) is 60.5 Å². The Morgan fingerprint density at radius 1 is 1.41 bits per heavy atom. The predicted molar refractivity (Wildman–Crippen MR) is 88.3 cm³/mol. The molecule has 1 rings (SSSR count). The molecule has 5 nitrogen and oxygen atoms in total. The van der Waals surface area contributed by atoms with Gasteiger partial charge in [0.1, 0.15) is 5.60 Å². The Morgan fingerprint density at radius 2 is 2.09 bits per heavy atom. The summed E-state index contributed by atoms with van der Waals surface area (Å²) in [4.78, 5) is 17.0. The van der Waals surface area contributed by atoms with E-state index in [-0.39, 0.29) is 5.91 Å². The van der Waals surface area contributed by atoms with Gasteiger partial charge >= 0.3 is 0 Å². The number of methoxy groups -OCH3 is 1. The molecule has 1 aromatic heterocycles. The zero-order valence-corrected chi connectivity index (χ0v) is 14.5. The Morgan fingerprint density at radius 3 is 2.59 bits per heavy atom. The molecule has 0 unspecified atom stereocenters. The number of nitrogens with zero attached hydrogens (tertiary/aromatic N) is 1. The average Bonchev–Trinajstić information content (AvgIpc) is 2.46. The van der Waals surface area contributed by atoms with Crippen LogP contribution in [0.5, 0.6) is 5.88 Å². The minimum Gasteiger partial charge on any atom is -0.481 e. The van der Waals surface area contributed by atoms with Crippen molar-refractivity contribution in [3.8, 4) is 5.88 Å². The molecule has 1 N–H and O–H groups in total. The van der Waals surface area contributed by atoms with E-state index in [0.29, 0.717) is 30.5 Å². The third-order valence-electron chi connectivity index (χ3n) is 3.42. The molecular formula is C17H28N2O3. The summed E-state index contributed by atoms with van der Waals surface area (Å²) in [6.07, 6.45) is 1.55. The van der Waals surface area contributed by atoms with Gasteiger partial charge in [0.05, 0.1) is 18.5 Å². The molecule has 0 aliphatic heterocycles. The maximum absolute atomic E-state index is 12.7. The predicted octanol–water partition coefficient (Wildman–Crippen LogP) is 3.57. The second-order valence-electron chi connectivity index (χ2n) is 6.12. The smallest absolute Gasteiger partial charge is 0.256 e. The van der Waals surface area contributed by atoms with E-state index < -0.39 is 5.60 Å². The van der Waals surface area contributed by atoms with E-state index in [0.717, 1.165) is 12.1 Å². The molecule has 0 spiro atoms. The summed E-state index contributed by atoms with van der Waals surface area (Å²) in [5, 5.41) is 2.93. The fourth-order valence-corrected chi connectivity index (χ4v) is 2.36. The van der Waals surface area contributed by atoms with Crippen LogP contribution >= 0.6 is 0 Å². The molecule has 0 saturated heterocycles. The SMILES string of the molecule is CCCO[C@](C)(CC(C)C)C(=O)Nc1ccc(OC)nc1C. The lowest BCUT2D eigenvalue weighted by Gasteiger charge is -2.30. The van der Waals surface area contributed by atoms with Gasteiger partial charge in [-0.25, -0.2) is 4.98 Å². The number of aromatic nitrogens is 1. The molecular weight excluding hydrogens is 280 g/mol. The molecule has 1 atom stereocenters.